The second-order valence-corrected chi connectivity index (χ2v) is 6.43. The largest absolute Gasteiger partial charge is 0.363 e. The number of benzene rings is 1. The Morgan fingerprint density at radius 1 is 1.25 bits per heavy atom. The summed E-state index contributed by atoms with van der Waals surface area (Å²) in [4.78, 5) is 19.3. The average Bonchev–Trinajstić information content (AvgIpc) is 2.61. The number of hydrogen-bond acceptors (Lipinski definition) is 4. The summed E-state index contributed by atoms with van der Waals surface area (Å²) < 4.78 is 0. The van der Waals surface area contributed by atoms with Gasteiger partial charge in [0, 0.05) is 32.6 Å². The van der Waals surface area contributed by atoms with Gasteiger partial charge >= 0.3 is 0 Å². The maximum atomic E-state index is 12.7. The molecule has 2 aromatic rings. The van der Waals surface area contributed by atoms with Crippen molar-refractivity contribution in [3.8, 4) is 0 Å². The number of pyridine rings is 1. The molecule has 0 aliphatic carbocycles. The monoisotopic (exact) mass is 328 g/mol. The predicted octanol–water partition coefficient (Wildman–Crippen LogP) is 2.68. The summed E-state index contributed by atoms with van der Waals surface area (Å²) >= 11 is 0. The second-order valence-electron chi connectivity index (χ2n) is 6.43. The van der Waals surface area contributed by atoms with Crippen LogP contribution in [0, 0.1) is 5.41 Å². The van der Waals surface area contributed by atoms with Gasteiger partial charge in [0.05, 0.1) is 10.9 Å². The lowest BCUT2D eigenvalue weighted by Gasteiger charge is -2.28. The zero-order chi connectivity index (χ0) is 17.7. The molecule has 0 aliphatic heterocycles. The first-order valence-corrected chi connectivity index (χ1v) is 8.51. The Labute approximate surface area is 144 Å². The van der Waals surface area contributed by atoms with Crippen molar-refractivity contribution in [1.82, 2.24) is 10.3 Å². The van der Waals surface area contributed by atoms with E-state index in [1.54, 1.807) is 0 Å². The van der Waals surface area contributed by atoms with Gasteiger partial charge < -0.3 is 16.0 Å². The first kappa shape index (κ1) is 18.2. The summed E-state index contributed by atoms with van der Waals surface area (Å²) in [5, 5.41) is 4.15. The third-order valence-corrected chi connectivity index (χ3v) is 4.91. The van der Waals surface area contributed by atoms with Gasteiger partial charge in [-0.05, 0) is 30.5 Å². The SMILES string of the molecule is CCC(CC)(CN)C(=O)NCc1cc(N(C)C)nc2ccccc12. The minimum Gasteiger partial charge on any atom is -0.363 e. The van der Waals surface area contributed by atoms with Crippen molar-refractivity contribution in [2.45, 2.75) is 33.2 Å². The second kappa shape index (κ2) is 7.62. The summed E-state index contributed by atoms with van der Waals surface area (Å²) in [5.74, 6) is 0.913. The van der Waals surface area contributed by atoms with Gasteiger partial charge in [-0.2, -0.15) is 0 Å². The molecule has 5 nitrogen and oxygen atoms in total. The van der Waals surface area contributed by atoms with E-state index in [-0.39, 0.29) is 5.91 Å². The molecule has 3 N–H and O–H groups in total. The molecule has 0 spiro atoms. The van der Waals surface area contributed by atoms with Gasteiger partial charge in [0.1, 0.15) is 5.82 Å². The molecular formula is C19H28N4O. The van der Waals surface area contributed by atoms with Gasteiger partial charge in [-0.3, -0.25) is 4.79 Å². The van der Waals surface area contributed by atoms with Crippen molar-refractivity contribution in [2.75, 3.05) is 25.5 Å². The van der Waals surface area contributed by atoms with Gasteiger partial charge in [-0.1, -0.05) is 32.0 Å². The molecule has 24 heavy (non-hydrogen) atoms. The van der Waals surface area contributed by atoms with Crippen LogP contribution in [0.1, 0.15) is 32.3 Å². The van der Waals surface area contributed by atoms with Crippen molar-refractivity contribution in [3.05, 3.63) is 35.9 Å². The molecule has 1 amide bonds. The van der Waals surface area contributed by atoms with Crippen molar-refractivity contribution in [1.29, 1.82) is 0 Å². The van der Waals surface area contributed by atoms with Crippen LogP contribution in [0.2, 0.25) is 0 Å². The number of nitrogens with zero attached hydrogens (tertiary/aromatic N) is 2. The number of nitrogens with one attached hydrogen (secondary N) is 1. The van der Waals surface area contributed by atoms with Gasteiger partial charge in [-0.25, -0.2) is 4.98 Å². The van der Waals surface area contributed by atoms with Crippen LogP contribution >= 0.6 is 0 Å². The molecule has 0 saturated carbocycles. The molecule has 1 aromatic heterocycles. The number of para-hydroxylation sites is 1. The van der Waals surface area contributed by atoms with Crippen LogP contribution in [0.15, 0.2) is 30.3 Å². The van der Waals surface area contributed by atoms with Gasteiger partial charge in [-0.15, -0.1) is 0 Å². The van der Waals surface area contributed by atoms with E-state index in [0.29, 0.717) is 13.1 Å². The number of fused-ring (bicyclic) bond motifs is 1. The molecule has 130 valence electrons. The molecule has 0 fully saturated rings. The lowest BCUT2D eigenvalue weighted by Crippen LogP contribution is -2.45. The topological polar surface area (TPSA) is 71.2 Å². The number of rotatable bonds is 7. The van der Waals surface area contributed by atoms with E-state index < -0.39 is 5.41 Å². The van der Waals surface area contributed by atoms with E-state index in [2.05, 4.69) is 10.3 Å². The van der Waals surface area contributed by atoms with E-state index in [1.807, 2.05) is 63.2 Å². The number of carbonyl (C=O) groups excluding carboxylic acids is 1. The van der Waals surface area contributed by atoms with E-state index in [0.717, 1.165) is 35.1 Å². The van der Waals surface area contributed by atoms with Crippen molar-refractivity contribution in [3.63, 3.8) is 0 Å². The Hall–Kier alpha value is -2.14. The van der Waals surface area contributed by atoms with Crippen LogP contribution in [-0.4, -0.2) is 31.5 Å². The smallest absolute Gasteiger partial charge is 0.227 e. The Morgan fingerprint density at radius 2 is 1.92 bits per heavy atom. The Balaban J connectivity index is 2.31. The zero-order valence-corrected chi connectivity index (χ0v) is 15.1. The van der Waals surface area contributed by atoms with Crippen molar-refractivity contribution >= 4 is 22.6 Å². The summed E-state index contributed by atoms with van der Waals surface area (Å²) in [6.07, 6.45) is 1.48. The normalized spacial score (nSPS) is 11.5. The minimum atomic E-state index is -0.479. The fraction of sp³-hybridized carbons (Fsp3) is 0.474. The first-order valence-electron chi connectivity index (χ1n) is 8.51. The van der Waals surface area contributed by atoms with Gasteiger partial charge in [0.2, 0.25) is 5.91 Å². The summed E-state index contributed by atoms with van der Waals surface area (Å²) in [6.45, 7) is 4.88. The molecule has 1 aromatic carbocycles. The van der Waals surface area contributed by atoms with Crippen molar-refractivity contribution in [2.24, 2.45) is 11.1 Å². The number of aromatic nitrogens is 1. The van der Waals surface area contributed by atoms with E-state index in [4.69, 9.17) is 5.73 Å². The molecule has 2 rings (SSSR count). The summed E-state index contributed by atoms with van der Waals surface area (Å²) in [5.41, 5.74) is 7.40. The Kier molecular flexibility index (Phi) is 5.78. The van der Waals surface area contributed by atoms with Crippen LogP contribution in [0.5, 0.6) is 0 Å². The fourth-order valence-corrected chi connectivity index (χ4v) is 2.92. The van der Waals surface area contributed by atoms with Crippen LogP contribution in [0.4, 0.5) is 5.82 Å². The molecule has 0 bridgehead atoms. The molecular weight excluding hydrogens is 300 g/mol. The lowest BCUT2D eigenvalue weighted by molar-refractivity contribution is -0.131. The molecule has 0 unspecified atom stereocenters. The van der Waals surface area contributed by atoms with Crippen LogP contribution in [-0.2, 0) is 11.3 Å². The highest BCUT2D eigenvalue weighted by Gasteiger charge is 2.33. The molecule has 0 saturated heterocycles. The van der Waals surface area contributed by atoms with Gasteiger partial charge in [0.25, 0.3) is 0 Å². The highest BCUT2D eigenvalue weighted by molar-refractivity contribution is 5.86. The first-order chi connectivity index (χ1) is 11.5. The number of anilines is 1. The number of hydrogen-bond donors (Lipinski definition) is 2. The minimum absolute atomic E-state index is 0.0299. The lowest BCUT2D eigenvalue weighted by atomic mass is 9.81. The Bertz CT molecular complexity index is 699. The van der Waals surface area contributed by atoms with Gasteiger partial charge in [0.15, 0.2) is 0 Å². The number of nitrogens with two attached hydrogens (primary N) is 1. The standard InChI is InChI=1S/C19H28N4O/c1-5-19(6-2,13-20)18(24)21-12-14-11-17(23(3)4)22-16-10-8-7-9-15(14)16/h7-11H,5-6,12-13,20H2,1-4H3,(H,21,24). The Morgan fingerprint density at radius 3 is 2.50 bits per heavy atom. The predicted molar refractivity (Wildman–Crippen MR) is 100.0 cm³/mol. The zero-order valence-electron chi connectivity index (χ0n) is 15.1. The van der Waals surface area contributed by atoms with Crippen molar-refractivity contribution < 1.29 is 4.79 Å². The van der Waals surface area contributed by atoms with E-state index in [9.17, 15) is 4.79 Å². The highest BCUT2D eigenvalue weighted by Crippen LogP contribution is 2.26. The third-order valence-electron chi connectivity index (χ3n) is 4.91. The summed E-state index contributed by atoms with van der Waals surface area (Å²) in [7, 11) is 3.93. The molecule has 0 radical (unpaired) electrons. The van der Waals surface area contributed by atoms with Crippen LogP contribution < -0.4 is 16.0 Å². The number of amides is 1. The maximum absolute atomic E-state index is 12.7. The molecule has 0 aliphatic rings. The van der Waals surface area contributed by atoms with Crippen LogP contribution in [0.25, 0.3) is 10.9 Å². The third kappa shape index (κ3) is 3.51. The highest BCUT2D eigenvalue weighted by atomic mass is 16.2. The average molecular weight is 328 g/mol. The molecule has 0 atom stereocenters. The molecule has 1 heterocycles. The van der Waals surface area contributed by atoms with Crippen LogP contribution in [0.3, 0.4) is 0 Å². The fourth-order valence-electron chi connectivity index (χ4n) is 2.92. The maximum Gasteiger partial charge on any atom is 0.227 e. The van der Waals surface area contributed by atoms with E-state index >= 15 is 0 Å². The quantitative estimate of drug-likeness (QED) is 0.820. The molecule has 5 heteroatoms. The van der Waals surface area contributed by atoms with E-state index in [1.165, 1.54) is 0 Å². The number of carbonyl (C=O) groups is 1. The summed E-state index contributed by atoms with van der Waals surface area (Å²) in [6, 6.07) is 10.0.